The summed E-state index contributed by atoms with van der Waals surface area (Å²) >= 11 is 8.10. The number of hydrogen-bond acceptors (Lipinski definition) is 3. The number of carbonyl (C=O) groups is 1. The van der Waals surface area contributed by atoms with Gasteiger partial charge in [-0.15, -0.1) is 0 Å². The molecule has 3 N–H and O–H groups in total. The van der Waals surface area contributed by atoms with Crippen LogP contribution in [0.5, 0.6) is 0 Å². The number of para-hydroxylation sites is 1. The lowest BCUT2D eigenvalue weighted by Crippen LogP contribution is -2.33. The highest BCUT2D eigenvalue weighted by molar-refractivity contribution is 14.1. The van der Waals surface area contributed by atoms with E-state index in [1.54, 1.807) is 6.20 Å². The van der Waals surface area contributed by atoms with E-state index < -0.39 is 0 Å². The predicted molar refractivity (Wildman–Crippen MR) is 135 cm³/mol. The van der Waals surface area contributed by atoms with E-state index in [4.69, 9.17) is 12.2 Å². The van der Waals surface area contributed by atoms with Gasteiger partial charge >= 0.3 is 0 Å². The molecule has 3 heterocycles. The van der Waals surface area contributed by atoms with Crippen molar-refractivity contribution in [1.82, 2.24) is 20.2 Å². The Morgan fingerprint density at radius 3 is 2.55 bits per heavy atom. The first-order valence-corrected chi connectivity index (χ1v) is 11.6. The summed E-state index contributed by atoms with van der Waals surface area (Å²) in [6, 6.07) is 15.3. The number of aryl methyl sites for hydroxylation is 2. The Bertz CT molecular complexity index is 1090. The van der Waals surface area contributed by atoms with Gasteiger partial charge < -0.3 is 20.5 Å². The second kappa shape index (κ2) is 9.35. The molecule has 2 aromatic heterocycles. The number of halogens is 1. The summed E-state index contributed by atoms with van der Waals surface area (Å²) in [6.07, 6.45) is 2.13. The van der Waals surface area contributed by atoms with Gasteiger partial charge in [-0.05, 0) is 72.9 Å². The molecule has 6 nitrogen and oxygen atoms in total. The molecule has 1 aromatic carbocycles. The molecule has 0 bridgehead atoms. The normalized spacial score (nSPS) is 18.2. The molecule has 31 heavy (non-hydrogen) atoms. The molecule has 1 amide bonds. The van der Waals surface area contributed by atoms with Crippen LogP contribution in [0.25, 0.3) is 0 Å². The zero-order chi connectivity index (χ0) is 22.0. The van der Waals surface area contributed by atoms with Crippen LogP contribution >= 0.6 is 34.8 Å². The fourth-order valence-electron chi connectivity index (χ4n) is 4.05. The lowest BCUT2D eigenvalue weighted by atomic mass is 9.96. The Kier molecular flexibility index (Phi) is 6.57. The minimum atomic E-state index is -0.0895. The standard InChI is InChI=1S/C23H24IN5OS/c1-14-19(20(24)15(2)26-14)22-21(17-10-6-7-12-25-17)28-23(31)29(22)13-11-18(30)27-16-8-4-3-5-9-16/h3-10,12,21-22,26H,11,13H2,1-2H3,(H,27,30)(H,28,31)/t21-,22-/m0/s1. The molecule has 4 rings (SSSR count). The number of hydrogen-bond donors (Lipinski definition) is 3. The van der Waals surface area contributed by atoms with Gasteiger partial charge in [0.15, 0.2) is 5.11 Å². The minimum Gasteiger partial charge on any atom is -0.362 e. The van der Waals surface area contributed by atoms with E-state index in [1.807, 2.05) is 48.5 Å². The lowest BCUT2D eigenvalue weighted by molar-refractivity contribution is -0.116. The molecule has 1 aliphatic rings. The van der Waals surface area contributed by atoms with E-state index in [2.05, 4.69) is 61.9 Å². The Hall–Kier alpha value is -2.46. The minimum absolute atomic E-state index is 0.0364. The van der Waals surface area contributed by atoms with Gasteiger partial charge in [0.2, 0.25) is 5.91 Å². The van der Waals surface area contributed by atoms with Crippen LogP contribution in [0.1, 0.15) is 41.1 Å². The molecule has 0 unspecified atom stereocenters. The van der Waals surface area contributed by atoms with Gasteiger partial charge in [0.05, 0.1) is 17.8 Å². The van der Waals surface area contributed by atoms with Crippen molar-refractivity contribution in [3.63, 3.8) is 0 Å². The number of benzene rings is 1. The Morgan fingerprint density at radius 2 is 1.90 bits per heavy atom. The van der Waals surface area contributed by atoms with Crippen LogP contribution in [0, 0.1) is 17.4 Å². The summed E-state index contributed by atoms with van der Waals surface area (Å²) in [6.45, 7) is 4.67. The van der Waals surface area contributed by atoms with Crippen LogP contribution in [0.15, 0.2) is 54.7 Å². The average Bonchev–Trinajstić information content (AvgIpc) is 3.22. The first kappa shape index (κ1) is 21.8. The third-order valence-corrected chi connectivity index (χ3v) is 7.22. The highest BCUT2D eigenvalue weighted by Crippen LogP contribution is 2.42. The van der Waals surface area contributed by atoms with Crippen LogP contribution in [0.4, 0.5) is 5.69 Å². The number of carbonyl (C=O) groups excluding carboxylic acids is 1. The smallest absolute Gasteiger partial charge is 0.226 e. The van der Waals surface area contributed by atoms with Crippen molar-refractivity contribution in [2.45, 2.75) is 32.4 Å². The number of aromatic nitrogens is 2. The number of H-pyrrole nitrogens is 1. The molecular weight excluding hydrogens is 521 g/mol. The molecule has 2 atom stereocenters. The zero-order valence-electron chi connectivity index (χ0n) is 17.4. The average molecular weight is 545 g/mol. The summed E-state index contributed by atoms with van der Waals surface area (Å²) in [4.78, 5) is 22.7. The van der Waals surface area contributed by atoms with Crippen molar-refractivity contribution in [2.24, 2.45) is 0 Å². The number of anilines is 1. The fraction of sp³-hybridized carbons (Fsp3) is 0.261. The maximum atomic E-state index is 12.6. The van der Waals surface area contributed by atoms with Crippen LogP contribution in [0.3, 0.4) is 0 Å². The quantitative estimate of drug-likeness (QED) is 0.311. The van der Waals surface area contributed by atoms with Crippen molar-refractivity contribution < 1.29 is 4.79 Å². The number of aromatic amines is 1. The maximum Gasteiger partial charge on any atom is 0.226 e. The van der Waals surface area contributed by atoms with Gasteiger partial charge in [0.25, 0.3) is 0 Å². The summed E-state index contributed by atoms with van der Waals surface area (Å²) in [5.74, 6) is -0.0364. The van der Waals surface area contributed by atoms with Crippen LogP contribution in [-0.2, 0) is 4.79 Å². The molecule has 8 heteroatoms. The molecule has 0 radical (unpaired) electrons. The number of rotatable bonds is 6. The van der Waals surface area contributed by atoms with Gasteiger partial charge in [-0.2, -0.15) is 0 Å². The van der Waals surface area contributed by atoms with E-state index >= 15 is 0 Å². The molecular formula is C23H24IN5OS. The van der Waals surface area contributed by atoms with Crippen molar-refractivity contribution in [1.29, 1.82) is 0 Å². The van der Waals surface area contributed by atoms with Gasteiger partial charge in [0.1, 0.15) is 0 Å². The number of thiocarbonyl (C=S) groups is 1. The molecule has 0 spiro atoms. The first-order chi connectivity index (χ1) is 15.0. The molecule has 1 fully saturated rings. The van der Waals surface area contributed by atoms with Gasteiger partial charge in [-0.25, -0.2) is 0 Å². The monoisotopic (exact) mass is 545 g/mol. The van der Waals surface area contributed by atoms with E-state index in [1.165, 1.54) is 9.13 Å². The van der Waals surface area contributed by atoms with Crippen molar-refractivity contribution in [3.05, 3.63) is 80.9 Å². The van der Waals surface area contributed by atoms with Crippen molar-refractivity contribution in [3.8, 4) is 0 Å². The van der Waals surface area contributed by atoms with Crippen LogP contribution < -0.4 is 10.6 Å². The molecule has 0 aliphatic carbocycles. The van der Waals surface area contributed by atoms with E-state index in [-0.39, 0.29) is 18.0 Å². The Morgan fingerprint density at radius 1 is 1.16 bits per heavy atom. The number of nitrogens with zero attached hydrogens (tertiary/aromatic N) is 2. The van der Waals surface area contributed by atoms with Crippen LogP contribution in [0.2, 0.25) is 0 Å². The summed E-state index contributed by atoms with van der Waals surface area (Å²) in [7, 11) is 0. The highest BCUT2D eigenvalue weighted by atomic mass is 127. The van der Waals surface area contributed by atoms with E-state index in [0.29, 0.717) is 18.1 Å². The lowest BCUT2D eigenvalue weighted by Gasteiger charge is -2.28. The third-order valence-electron chi connectivity index (χ3n) is 5.48. The number of pyridine rings is 1. The Balaban J connectivity index is 1.60. The second-order valence-electron chi connectivity index (χ2n) is 7.59. The van der Waals surface area contributed by atoms with Crippen molar-refractivity contribution >= 4 is 51.5 Å². The predicted octanol–water partition coefficient (Wildman–Crippen LogP) is 4.63. The highest BCUT2D eigenvalue weighted by Gasteiger charge is 2.42. The first-order valence-electron chi connectivity index (χ1n) is 10.1. The second-order valence-corrected chi connectivity index (χ2v) is 9.05. The van der Waals surface area contributed by atoms with E-state index in [0.717, 1.165) is 22.8 Å². The fourth-order valence-corrected chi connectivity index (χ4v) is 5.24. The molecule has 160 valence electrons. The Labute approximate surface area is 201 Å². The van der Waals surface area contributed by atoms with Gasteiger partial charge in [-0.3, -0.25) is 9.78 Å². The van der Waals surface area contributed by atoms with Crippen LogP contribution in [-0.4, -0.2) is 32.4 Å². The zero-order valence-corrected chi connectivity index (χ0v) is 20.3. The number of amides is 1. The maximum absolute atomic E-state index is 12.6. The number of nitrogens with one attached hydrogen (secondary N) is 3. The third kappa shape index (κ3) is 4.59. The molecule has 1 aliphatic heterocycles. The summed E-state index contributed by atoms with van der Waals surface area (Å²) < 4.78 is 1.19. The van der Waals surface area contributed by atoms with E-state index in [9.17, 15) is 4.79 Å². The topological polar surface area (TPSA) is 73.0 Å². The molecule has 1 saturated heterocycles. The summed E-state index contributed by atoms with van der Waals surface area (Å²) in [5.41, 5.74) is 5.17. The van der Waals surface area contributed by atoms with Gasteiger partial charge in [-0.1, -0.05) is 24.3 Å². The summed E-state index contributed by atoms with van der Waals surface area (Å²) in [5, 5.41) is 7.05. The molecule has 3 aromatic rings. The molecule has 0 saturated carbocycles. The van der Waals surface area contributed by atoms with Gasteiger partial charge in [0, 0.05) is 45.4 Å². The van der Waals surface area contributed by atoms with Crippen molar-refractivity contribution in [2.75, 3.05) is 11.9 Å². The SMILES string of the molecule is Cc1[nH]c(C)c([C@H]2[C@H](c3ccccn3)NC(=S)N2CCC(=O)Nc2ccccc2)c1I. The largest absolute Gasteiger partial charge is 0.362 e.